The van der Waals surface area contributed by atoms with Gasteiger partial charge in [0, 0.05) is 31.2 Å². The van der Waals surface area contributed by atoms with Crippen LogP contribution in [-0.4, -0.2) is 61.7 Å². The summed E-state index contributed by atoms with van der Waals surface area (Å²) >= 11 is 0. The number of hydrogen-bond acceptors (Lipinski definition) is 3. The van der Waals surface area contributed by atoms with Gasteiger partial charge in [0.05, 0.1) is 0 Å². The van der Waals surface area contributed by atoms with Crippen molar-refractivity contribution < 1.29 is 0 Å². The lowest BCUT2D eigenvalue weighted by atomic mass is 10.2. The third-order valence-corrected chi connectivity index (χ3v) is 3.97. The van der Waals surface area contributed by atoms with Crippen molar-refractivity contribution in [2.75, 3.05) is 33.7 Å². The average Bonchev–Trinajstić information content (AvgIpc) is 3.02. The van der Waals surface area contributed by atoms with Crippen LogP contribution in [0.25, 0.3) is 0 Å². The maximum absolute atomic E-state index is 3.32. The largest absolute Gasteiger partial charge is 0.318 e. The topological polar surface area (TPSA) is 18.5 Å². The van der Waals surface area contributed by atoms with Crippen LogP contribution in [0.3, 0.4) is 0 Å². The lowest BCUT2D eigenvalue weighted by molar-refractivity contribution is 0.172. The summed E-state index contributed by atoms with van der Waals surface area (Å²) in [5.74, 6) is 0. The maximum Gasteiger partial charge on any atom is 0.0344 e. The van der Waals surface area contributed by atoms with E-state index < -0.39 is 0 Å². The fraction of sp³-hybridized carbons (Fsp3) is 1.00. The molecular weight excluding hydrogens is 186 g/mol. The lowest BCUT2D eigenvalue weighted by Gasteiger charge is -2.31. The van der Waals surface area contributed by atoms with E-state index >= 15 is 0 Å². The molecule has 15 heavy (non-hydrogen) atoms. The first kappa shape index (κ1) is 11.4. The third kappa shape index (κ3) is 2.71. The second kappa shape index (κ2) is 4.81. The van der Waals surface area contributed by atoms with E-state index in [9.17, 15) is 0 Å². The highest BCUT2D eigenvalue weighted by Crippen LogP contribution is 2.31. The number of hydrogen-bond donors (Lipinski definition) is 1. The van der Waals surface area contributed by atoms with Crippen molar-refractivity contribution in [3.05, 3.63) is 0 Å². The number of nitrogens with one attached hydrogen (secondary N) is 1. The van der Waals surface area contributed by atoms with E-state index in [0.717, 1.165) is 18.6 Å². The van der Waals surface area contributed by atoms with Gasteiger partial charge in [-0.15, -0.1) is 0 Å². The predicted octanol–water partition coefficient (Wildman–Crippen LogP) is 0.763. The van der Waals surface area contributed by atoms with Gasteiger partial charge in [0.15, 0.2) is 0 Å². The monoisotopic (exact) mass is 211 g/mol. The Balaban J connectivity index is 1.98. The molecule has 2 fully saturated rings. The third-order valence-electron chi connectivity index (χ3n) is 3.97. The summed E-state index contributed by atoms with van der Waals surface area (Å²) in [4.78, 5) is 5.26. The quantitative estimate of drug-likeness (QED) is 0.743. The van der Waals surface area contributed by atoms with Gasteiger partial charge in [-0.3, -0.25) is 4.90 Å². The number of likely N-dealkylation sites (N-methyl/N-ethyl adjacent to an activating group) is 2. The Kier molecular flexibility index (Phi) is 3.65. The second-order valence-corrected chi connectivity index (χ2v) is 5.26. The minimum absolute atomic E-state index is 0.695. The highest BCUT2D eigenvalue weighted by molar-refractivity contribution is 4.92. The molecule has 0 radical (unpaired) electrons. The minimum atomic E-state index is 0.695. The lowest BCUT2D eigenvalue weighted by Crippen LogP contribution is -2.46. The van der Waals surface area contributed by atoms with E-state index in [-0.39, 0.29) is 0 Å². The predicted molar refractivity (Wildman–Crippen MR) is 64.2 cm³/mol. The van der Waals surface area contributed by atoms with Crippen molar-refractivity contribution in [3.8, 4) is 0 Å². The van der Waals surface area contributed by atoms with Crippen LogP contribution < -0.4 is 5.32 Å². The van der Waals surface area contributed by atoms with Crippen LogP contribution >= 0.6 is 0 Å². The fourth-order valence-corrected chi connectivity index (χ4v) is 2.67. The van der Waals surface area contributed by atoms with Gasteiger partial charge in [0.2, 0.25) is 0 Å². The van der Waals surface area contributed by atoms with Gasteiger partial charge in [0.25, 0.3) is 0 Å². The molecule has 3 heteroatoms. The van der Waals surface area contributed by atoms with Crippen LogP contribution in [0.4, 0.5) is 0 Å². The Labute approximate surface area is 93.8 Å². The molecule has 0 aromatic heterocycles. The van der Waals surface area contributed by atoms with Crippen LogP contribution in [-0.2, 0) is 0 Å². The summed E-state index contributed by atoms with van der Waals surface area (Å²) in [6.07, 6.45) is 4.19. The van der Waals surface area contributed by atoms with E-state index in [1.165, 1.54) is 32.4 Å². The summed E-state index contributed by atoms with van der Waals surface area (Å²) in [6, 6.07) is 2.38. The highest BCUT2D eigenvalue weighted by atomic mass is 15.3. The SMILES string of the molecule is CNCC1CN(C2CC2)C(C)CCN1C. The average molecular weight is 211 g/mol. The molecular formula is C12H25N3. The maximum atomic E-state index is 3.32. The first-order chi connectivity index (χ1) is 7.22. The van der Waals surface area contributed by atoms with Gasteiger partial charge in [-0.2, -0.15) is 0 Å². The molecule has 1 aliphatic carbocycles. The zero-order valence-electron chi connectivity index (χ0n) is 10.4. The van der Waals surface area contributed by atoms with Gasteiger partial charge in [-0.1, -0.05) is 0 Å². The Morgan fingerprint density at radius 2 is 2.00 bits per heavy atom. The Hall–Kier alpha value is -0.120. The van der Waals surface area contributed by atoms with Crippen molar-refractivity contribution in [2.24, 2.45) is 0 Å². The van der Waals surface area contributed by atoms with E-state index in [1.807, 2.05) is 0 Å². The van der Waals surface area contributed by atoms with E-state index in [1.54, 1.807) is 0 Å². The normalized spacial score (nSPS) is 35.4. The molecule has 1 N–H and O–H groups in total. The molecule has 2 aliphatic rings. The summed E-state index contributed by atoms with van der Waals surface area (Å²) in [6.45, 7) is 6.01. The molecule has 0 spiro atoms. The highest BCUT2D eigenvalue weighted by Gasteiger charge is 2.35. The molecule has 1 saturated carbocycles. The Morgan fingerprint density at radius 3 is 2.60 bits per heavy atom. The molecule has 1 saturated heterocycles. The van der Waals surface area contributed by atoms with Crippen molar-refractivity contribution in [1.29, 1.82) is 0 Å². The summed E-state index contributed by atoms with van der Waals surface area (Å²) < 4.78 is 0. The van der Waals surface area contributed by atoms with Crippen molar-refractivity contribution in [2.45, 2.75) is 44.3 Å². The van der Waals surface area contributed by atoms with Gasteiger partial charge in [0.1, 0.15) is 0 Å². The summed E-state index contributed by atoms with van der Waals surface area (Å²) in [5, 5.41) is 3.32. The number of nitrogens with zero attached hydrogens (tertiary/aromatic N) is 2. The van der Waals surface area contributed by atoms with Crippen molar-refractivity contribution in [1.82, 2.24) is 15.1 Å². The number of rotatable bonds is 3. The standard InChI is InChI=1S/C12H25N3/c1-10-6-7-14(3)12(8-13-2)9-15(10)11-4-5-11/h10-13H,4-9H2,1-3H3. The zero-order chi connectivity index (χ0) is 10.8. The first-order valence-electron chi connectivity index (χ1n) is 6.33. The summed E-state index contributed by atoms with van der Waals surface area (Å²) in [7, 11) is 4.33. The molecule has 3 nitrogen and oxygen atoms in total. The molecule has 0 aromatic rings. The molecule has 1 heterocycles. The molecule has 0 bridgehead atoms. The molecule has 2 unspecified atom stereocenters. The smallest absolute Gasteiger partial charge is 0.0344 e. The van der Waals surface area contributed by atoms with Crippen LogP contribution in [0.15, 0.2) is 0 Å². The second-order valence-electron chi connectivity index (χ2n) is 5.26. The van der Waals surface area contributed by atoms with Crippen LogP contribution in [0.5, 0.6) is 0 Å². The van der Waals surface area contributed by atoms with Crippen LogP contribution in [0, 0.1) is 0 Å². The first-order valence-corrected chi connectivity index (χ1v) is 6.33. The molecule has 88 valence electrons. The minimum Gasteiger partial charge on any atom is -0.318 e. The zero-order valence-corrected chi connectivity index (χ0v) is 10.4. The van der Waals surface area contributed by atoms with E-state index in [2.05, 4.69) is 36.1 Å². The van der Waals surface area contributed by atoms with Crippen molar-refractivity contribution >= 4 is 0 Å². The molecule has 0 amide bonds. The summed E-state index contributed by atoms with van der Waals surface area (Å²) in [5.41, 5.74) is 0. The van der Waals surface area contributed by atoms with Gasteiger partial charge in [-0.05, 0) is 46.8 Å². The van der Waals surface area contributed by atoms with Gasteiger partial charge in [-0.25, -0.2) is 0 Å². The molecule has 2 atom stereocenters. The van der Waals surface area contributed by atoms with E-state index in [4.69, 9.17) is 0 Å². The fourth-order valence-electron chi connectivity index (χ4n) is 2.67. The van der Waals surface area contributed by atoms with Crippen LogP contribution in [0.2, 0.25) is 0 Å². The Morgan fingerprint density at radius 1 is 1.27 bits per heavy atom. The van der Waals surface area contributed by atoms with Gasteiger partial charge >= 0.3 is 0 Å². The van der Waals surface area contributed by atoms with Gasteiger partial charge < -0.3 is 10.2 Å². The molecule has 2 rings (SSSR count). The molecule has 0 aromatic carbocycles. The van der Waals surface area contributed by atoms with Crippen LogP contribution in [0.1, 0.15) is 26.2 Å². The van der Waals surface area contributed by atoms with Crippen molar-refractivity contribution in [3.63, 3.8) is 0 Å². The van der Waals surface area contributed by atoms with E-state index in [0.29, 0.717) is 6.04 Å². The molecule has 1 aliphatic heterocycles. The Bertz CT molecular complexity index is 203.